The summed E-state index contributed by atoms with van der Waals surface area (Å²) in [4.78, 5) is 10.3. The van der Waals surface area contributed by atoms with Crippen molar-refractivity contribution in [2.24, 2.45) is 0 Å². The Morgan fingerprint density at radius 1 is 1.27 bits per heavy atom. The lowest BCUT2D eigenvalue weighted by Crippen LogP contribution is -2.38. The maximum absolute atomic E-state index is 12.7. The highest BCUT2D eigenvalue weighted by Gasteiger charge is 2.35. The van der Waals surface area contributed by atoms with Crippen LogP contribution in [0.25, 0.3) is 0 Å². The van der Waals surface area contributed by atoms with Crippen molar-refractivity contribution in [3.8, 4) is 0 Å². The molecule has 0 amide bonds. The summed E-state index contributed by atoms with van der Waals surface area (Å²) < 4.78 is 12.7. The highest BCUT2D eigenvalue weighted by molar-refractivity contribution is 5.40. The van der Waals surface area contributed by atoms with E-state index in [4.69, 9.17) is 0 Å². The van der Waals surface area contributed by atoms with E-state index in [1.54, 1.807) is 0 Å². The van der Waals surface area contributed by atoms with Crippen LogP contribution in [-0.4, -0.2) is 22.1 Å². The van der Waals surface area contributed by atoms with E-state index < -0.39 is 0 Å². The second-order valence-corrected chi connectivity index (χ2v) is 4.07. The standard InChI is InChI=1S/C11H12FN3/c12-8-6-13-11(14-7-8)15-9-2-1-3-10(15)5-4-9/h1-2,6-7,9-10H,3-5H2. The number of nitrogens with zero attached hydrogens (tertiary/aromatic N) is 3. The van der Waals surface area contributed by atoms with Crippen LogP contribution in [0.1, 0.15) is 19.3 Å². The van der Waals surface area contributed by atoms with Gasteiger partial charge in [-0.15, -0.1) is 0 Å². The van der Waals surface area contributed by atoms with Crippen LogP contribution in [-0.2, 0) is 0 Å². The molecule has 3 rings (SSSR count). The Balaban J connectivity index is 1.94. The summed E-state index contributed by atoms with van der Waals surface area (Å²) in [6.07, 6.45) is 10.3. The molecule has 2 unspecified atom stereocenters. The molecule has 0 aliphatic carbocycles. The van der Waals surface area contributed by atoms with E-state index in [-0.39, 0.29) is 5.82 Å². The first-order chi connectivity index (χ1) is 7.34. The molecule has 0 saturated carbocycles. The van der Waals surface area contributed by atoms with Gasteiger partial charge in [0, 0.05) is 6.04 Å². The zero-order valence-electron chi connectivity index (χ0n) is 8.31. The molecular weight excluding hydrogens is 193 g/mol. The van der Waals surface area contributed by atoms with Gasteiger partial charge in [0.25, 0.3) is 0 Å². The molecule has 0 aromatic carbocycles. The minimum Gasteiger partial charge on any atom is -0.331 e. The Morgan fingerprint density at radius 2 is 2.07 bits per heavy atom. The van der Waals surface area contributed by atoms with Crippen LogP contribution in [0, 0.1) is 5.82 Å². The van der Waals surface area contributed by atoms with E-state index in [1.807, 2.05) is 0 Å². The monoisotopic (exact) mass is 205 g/mol. The summed E-state index contributed by atoms with van der Waals surface area (Å²) in [5.74, 6) is 0.284. The SMILES string of the molecule is Fc1cnc(N2C3C=CCC2CC3)nc1. The molecule has 0 spiro atoms. The fraction of sp³-hybridized carbons (Fsp3) is 0.455. The maximum Gasteiger partial charge on any atom is 0.226 e. The van der Waals surface area contributed by atoms with Crippen molar-refractivity contribution in [2.75, 3.05) is 4.90 Å². The maximum atomic E-state index is 12.7. The largest absolute Gasteiger partial charge is 0.331 e. The first-order valence-corrected chi connectivity index (χ1v) is 5.27. The van der Waals surface area contributed by atoms with Gasteiger partial charge in [-0.25, -0.2) is 14.4 Å². The molecule has 15 heavy (non-hydrogen) atoms. The smallest absolute Gasteiger partial charge is 0.226 e. The Kier molecular flexibility index (Phi) is 1.94. The predicted octanol–water partition coefficient (Wildman–Crippen LogP) is 1.91. The minimum absolute atomic E-state index is 0.376. The Hall–Kier alpha value is -1.45. The van der Waals surface area contributed by atoms with Gasteiger partial charge in [0.15, 0.2) is 5.82 Å². The molecule has 2 aliphatic heterocycles. The molecule has 3 heterocycles. The Morgan fingerprint density at radius 3 is 2.80 bits per heavy atom. The molecule has 1 saturated heterocycles. The van der Waals surface area contributed by atoms with Gasteiger partial charge in [0.05, 0.1) is 18.4 Å². The summed E-state index contributed by atoms with van der Waals surface area (Å²) in [5.41, 5.74) is 0. The third kappa shape index (κ3) is 1.40. The van der Waals surface area contributed by atoms with E-state index >= 15 is 0 Å². The summed E-state index contributed by atoms with van der Waals surface area (Å²) in [6, 6.07) is 0.916. The topological polar surface area (TPSA) is 29.0 Å². The van der Waals surface area contributed by atoms with Crippen LogP contribution >= 0.6 is 0 Å². The third-order valence-corrected chi connectivity index (χ3v) is 3.15. The normalized spacial score (nSPS) is 28.5. The zero-order valence-corrected chi connectivity index (χ0v) is 8.31. The van der Waals surface area contributed by atoms with Gasteiger partial charge >= 0.3 is 0 Å². The van der Waals surface area contributed by atoms with Crippen molar-refractivity contribution >= 4 is 5.95 Å². The van der Waals surface area contributed by atoms with Gasteiger partial charge in [-0.2, -0.15) is 0 Å². The highest BCUT2D eigenvalue weighted by atomic mass is 19.1. The number of aromatic nitrogens is 2. The Bertz CT molecular complexity index is 387. The fourth-order valence-corrected chi connectivity index (χ4v) is 2.48. The molecule has 3 nitrogen and oxygen atoms in total. The number of fused-ring (bicyclic) bond motifs is 2. The first-order valence-electron chi connectivity index (χ1n) is 5.27. The molecule has 2 aliphatic rings. The van der Waals surface area contributed by atoms with Crippen LogP contribution in [0.5, 0.6) is 0 Å². The van der Waals surface area contributed by atoms with Gasteiger partial charge in [-0.05, 0) is 19.3 Å². The first kappa shape index (κ1) is 8.83. The Labute approximate surface area is 87.6 Å². The van der Waals surface area contributed by atoms with Gasteiger partial charge in [0.2, 0.25) is 5.95 Å². The zero-order chi connectivity index (χ0) is 10.3. The van der Waals surface area contributed by atoms with Crippen LogP contribution in [0.15, 0.2) is 24.5 Å². The second kappa shape index (κ2) is 3.29. The van der Waals surface area contributed by atoms with E-state index in [0.717, 1.165) is 12.8 Å². The summed E-state index contributed by atoms with van der Waals surface area (Å²) in [6.45, 7) is 0. The van der Waals surface area contributed by atoms with Gasteiger partial charge < -0.3 is 4.90 Å². The highest BCUT2D eigenvalue weighted by Crippen LogP contribution is 2.33. The number of hydrogen-bond donors (Lipinski definition) is 0. The molecule has 2 bridgehead atoms. The predicted molar refractivity (Wildman–Crippen MR) is 55.0 cm³/mol. The molecule has 1 aromatic rings. The molecule has 78 valence electrons. The van der Waals surface area contributed by atoms with E-state index in [9.17, 15) is 4.39 Å². The minimum atomic E-state index is -0.376. The third-order valence-electron chi connectivity index (χ3n) is 3.15. The van der Waals surface area contributed by atoms with Crippen LogP contribution in [0.3, 0.4) is 0 Å². The number of hydrogen-bond acceptors (Lipinski definition) is 3. The van der Waals surface area contributed by atoms with Gasteiger partial charge in [-0.3, -0.25) is 0 Å². The van der Waals surface area contributed by atoms with Crippen molar-refractivity contribution in [1.82, 2.24) is 9.97 Å². The van der Waals surface area contributed by atoms with Crippen molar-refractivity contribution in [3.05, 3.63) is 30.4 Å². The summed E-state index contributed by atoms with van der Waals surface area (Å²) in [7, 11) is 0. The van der Waals surface area contributed by atoms with Crippen molar-refractivity contribution < 1.29 is 4.39 Å². The summed E-state index contributed by atoms with van der Waals surface area (Å²) >= 11 is 0. The quantitative estimate of drug-likeness (QED) is 0.656. The second-order valence-electron chi connectivity index (χ2n) is 4.07. The number of rotatable bonds is 1. The molecule has 2 atom stereocenters. The lowest BCUT2D eigenvalue weighted by atomic mass is 10.1. The van der Waals surface area contributed by atoms with E-state index in [0.29, 0.717) is 18.0 Å². The molecule has 0 N–H and O–H groups in total. The molecular formula is C11H12FN3. The molecule has 0 radical (unpaired) electrons. The lowest BCUT2D eigenvalue weighted by Gasteiger charge is -2.31. The van der Waals surface area contributed by atoms with Crippen LogP contribution in [0.2, 0.25) is 0 Å². The van der Waals surface area contributed by atoms with Crippen LogP contribution in [0.4, 0.5) is 10.3 Å². The van der Waals surface area contributed by atoms with Crippen LogP contribution < -0.4 is 4.90 Å². The van der Waals surface area contributed by atoms with Gasteiger partial charge in [-0.1, -0.05) is 12.2 Å². The van der Waals surface area contributed by atoms with E-state index in [1.165, 1.54) is 18.8 Å². The van der Waals surface area contributed by atoms with E-state index in [2.05, 4.69) is 27.0 Å². The average molecular weight is 205 g/mol. The summed E-state index contributed by atoms with van der Waals surface area (Å²) in [5, 5.41) is 0. The fourth-order valence-electron chi connectivity index (χ4n) is 2.48. The van der Waals surface area contributed by atoms with Crippen molar-refractivity contribution in [2.45, 2.75) is 31.3 Å². The number of anilines is 1. The van der Waals surface area contributed by atoms with Crippen molar-refractivity contribution in [1.29, 1.82) is 0 Å². The molecule has 1 fully saturated rings. The van der Waals surface area contributed by atoms with Crippen molar-refractivity contribution in [3.63, 3.8) is 0 Å². The van der Waals surface area contributed by atoms with Gasteiger partial charge in [0.1, 0.15) is 0 Å². The lowest BCUT2D eigenvalue weighted by molar-refractivity contribution is 0.598. The number of halogens is 1. The average Bonchev–Trinajstić information content (AvgIpc) is 2.51. The molecule has 1 aromatic heterocycles. The molecule has 4 heteroatoms.